The van der Waals surface area contributed by atoms with Crippen LogP contribution in [-0.2, 0) is 11.2 Å². The molecule has 0 unspecified atom stereocenters. The van der Waals surface area contributed by atoms with Crippen LogP contribution in [0.4, 0.5) is 0 Å². The van der Waals surface area contributed by atoms with E-state index in [1.807, 2.05) is 24.3 Å². The summed E-state index contributed by atoms with van der Waals surface area (Å²) in [6, 6.07) is 15.5. The second-order valence-electron chi connectivity index (χ2n) is 4.69. The van der Waals surface area contributed by atoms with E-state index < -0.39 is 5.78 Å². The van der Waals surface area contributed by atoms with Gasteiger partial charge in [0.25, 0.3) is 0 Å². The van der Waals surface area contributed by atoms with Crippen LogP contribution in [0.2, 0.25) is 0 Å². The molecule has 0 fully saturated rings. The molecule has 108 valence electrons. The lowest BCUT2D eigenvalue weighted by Crippen LogP contribution is -2.12. The molecule has 0 spiro atoms. The second-order valence-corrected chi connectivity index (χ2v) is 5.81. The fraction of sp³-hybridized carbons (Fsp3) is 0.222. The largest absolute Gasteiger partial charge is 0.290 e. The van der Waals surface area contributed by atoms with Crippen LogP contribution in [0.1, 0.15) is 36.2 Å². The molecule has 0 saturated heterocycles. The highest BCUT2D eigenvalue weighted by Crippen LogP contribution is 2.30. The average molecular weight is 298 g/mol. The van der Waals surface area contributed by atoms with Gasteiger partial charge in [0, 0.05) is 21.8 Å². The Bertz CT molecular complexity index is 645. The van der Waals surface area contributed by atoms with E-state index in [-0.39, 0.29) is 12.2 Å². The van der Waals surface area contributed by atoms with E-state index in [2.05, 4.69) is 19.1 Å². The number of hydrogen-bond donors (Lipinski definition) is 0. The number of hydrogen-bond acceptors (Lipinski definition) is 3. The van der Waals surface area contributed by atoms with Crippen molar-refractivity contribution in [3.05, 3.63) is 59.7 Å². The van der Waals surface area contributed by atoms with Crippen LogP contribution < -0.4 is 0 Å². The Labute approximate surface area is 129 Å². The van der Waals surface area contributed by atoms with E-state index in [1.54, 1.807) is 30.8 Å². The van der Waals surface area contributed by atoms with E-state index in [1.165, 1.54) is 10.5 Å². The molecule has 0 radical (unpaired) electrons. The molecule has 2 aromatic carbocycles. The molecule has 3 heteroatoms. The summed E-state index contributed by atoms with van der Waals surface area (Å²) in [5.41, 5.74) is 1.78. The zero-order chi connectivity index (χ0) is 15.2. The molecule has 0 aromatic heterocycles. The quantitative estimate of drug-likeness (QED) is 0.579. The van der Waals surface area contributed by atoms with Crippen LogP contribution in [0, 0.1) is 0 Å². The summed E-state index contributed by atoms with van der Waals surface area (Å²) in [5.74, 6) is -0.741. The van der Waals surface area contributed by atoms with Gasteiger partial charge in [0.2, 0.25) is 11.6 Å². The molecule has 21 heavy (non-hydrogen) atoms. The number of Topliss-reactive ketones (excluding diaryl/α,β-unsaturated/α-hetero) is 2. The first kappa shape index (κ1) is 15.5. The molecular weight excluding hydrogens is 280 g/mol. The maximum Gasteiger partial charge on any atom is 0.228 e. The van der Waals surface area contributed by atoms with Crippen LogP contribution in [0.25, 0.3) is 0 Å². The van der Waals surface area contributed by atoms with Crippen molar-refractivity contribution in [3.8, 4) is 0 Å². The van der Waals surface area contributed by atoms with Crippen LogP contribution in [-0.4, -0.2) is 11.6 Å². The van der Waals surface area contributed by atoms with Crippen LogP contribution >= 0.6 is 11.8 Å². The molecular formula is C18H18O2S. The minimum atomic E-state index is -0.400. The summed E-state index contributed by atoms with van der Waals surface area (Å²) in [6.07, 6.45) is 1.24. The van der Waals surface area contributed by atoms with Crippen molar-refractivity contribution in [1.82, 2.24) is 0 Å². The van der Waals surface area contributed by atoms with Crippen molar-refractivity contribution in [2.75, 3.05) is 0 Å². The third kappa shape index (κ3) is 3.82. The van der Waals surface area contributed by atoms with Gasteiger partial charge in [-0.05, 0) is 42.3 Å². The highest BCUT2D eigenvalue weighted by atomic mass is 32.2. The maximum atomic E-state index is 11.8. The Morgan fingerprint density at radius 1 is 0.952 bits per heavy atom. The number of benzene rings is 2. The lowest BCUT2D eigenvalue weighted by Gasteiger charge is -2.07. The van der Waals surface area contributed by atoms with E-state index in [4.69, 9.17) is 0 Å². The van der Waals surface area contributed by atoms with Crippen LogP contribution in [0.15, 0.2) is 58.3 Å². The Kier molecular flexibility index (Phi) is 5.34. The van der Waals surface area contributed by atoms with E-state index in [0.29, 0.717) is 5.56 Å². The highest BCUT2D eigenvalue weighted by Gasteiger charge is 2.13. The molecule has 0 bridgehead atoms. The van der Waals surface area contributed by atoms with Gasteiger partial charge in [0.1, 0.15) is 0 Å². The van der Waals surface area contributed by atoms with Gasteiger partial charge in [-0.2, -0.15) is 0 Å². The summed E-state index contributed by atoms with van der Waals surface area (Å²) in [6.45, 7) is 3.84. The minimum absolute atomic E-state index is 0.249. The number of rotatable bonds is 6. The SMILES string of the molecule is CCC(=O)C(=O)c1ccc(Sc2ccccc2CC)cc1. The summed E-state index contributed by atoms with van der Waals surface area (Å²) < 4.78 is 0. The second kappa shape index (κ2) is 7.23. The Balaban J connectivity index is 2.16. The number of carbonyl (C=O) groups is 2. The Hall–Kier alpha value is -1.87. The lowest BCUT2D eigenvalue weighted by molar-refractivity contribution is -0.114. The van der Waals surface area contributed by atoms with E-state index in [9.17, 15) is 9.59 Å². The summed E-state index contributed by atoms with van der Waals surface area (Å²) >= 11 is 1.68. The van der Waals surface area contributed by atoms with Crippen molar-refractivity contribution in [3.63, 3.8) is 0 Å². The smallest absolute Gasteiger partial charge is 0.228 e. The molecule has 0 aliphatic rings. The molecule has 0 saturated carbocycles. The molecule has 0 aliphatic heterocycles. The predicted molar refractivity (Wildman–Crippen MR) is 86.0 cm³/mol. The summed E-state index contributed by atoms with van der Waals surface area (Å²) in [5, 5.41) is 0. The van der Waals surface area contributed by atoms with Crippen LogP contribution in [0.3, 0.4) is 0 Å². The van der Waals surface area contributed by atoms with Gasteiger partial charge in [0.15, 0.2) is 0 Å². The van der Waals surface area contributed by atoms with Gasteiger partial charge in [-0.3, -0.25) is 9.59 Å². The highest BCUT2D eigenvalue weighted by molar-refractivity contribution is 7.99. The topological polar surface area (TPSA) is 34.1 Å². The van der Waals surface area contributed by atoms with Crippen LogP contribution in [0.5, 0.6) is 0 Å². The van der Waals surface area contributed by atoms with Gasteiger partial charge >= 0.3 is 0 Å². The first-order valence-electron chi connectivity index (χ1n) is 7.09. The molecule has 0 atom stereocenters. The Morgan fingerprint density at radius 3 is 2.24 bits per heavy atom. The normalized spacial score (nSPS) is 10.4. The zero-order valence-electron chi connectivity index (χ0n) is 12.3. The fourth-order valence-corrected chi connectivity index (χ4v) is 3.03. The minimum Gasteiger partial charge on any atom is -0.290 e. The molecule has 0 amide bonds. The summed E-state index contributed by atoms with van der Waals surface area (Å²) in [4.78, 5) is 25.5. The molecule has 0 heterocycles. The molecule has 2 rings (SSSR count). The van der Waals surface area contributed by atoms with Gasteiger partial charge in [-0.15, -0.1) is 0 Å². The average Bonchev–Trinajstić information content (AvgIpc) is 2.54. The maximum absolute atomic E-state index is 11.8. The first-order chi connectivity index (χ1) is 10.2. The molecule has 0 N–H and O–H groups in total. The number of aryl methyl sites for hydroxylation is 1. The number of ketones is 2. The molecule has 2 nitrogen and oxygen atoms in total. The van der Waals surface area contributed by atoms with Gasteiger partial charge < -0.3 is 0 Å². The van der Waals surface area contributed by atoms with E-state index in [0.717, 1.165) is 11.3 Å². The van der Waals surface area contributed by atoms with Crippen molar-refractivity contribution in [2.24, 2.45) is 0 Å². The third-order valence-electron chi connectivity index (χ3n) is 3.27. The van der Waals surface area contributed by atoms with Gasteiger partial charge in [0.05, 0.1) is 0 Å². The molecule has 0 aliphatic carbocycles. The van der Waals surface area contributed by atoms with Crippen molar-refractivity contribution < 1.29 is 9.59 Å². The van der Waals surface area contributed by atoms with E-state index >= 15 is 0 Å². The fourth-order valence-electron chi connectivity index (χ4n) is 2.02. The lowest BCUT2D eigenvalue weighted by atomic mass is 10.1. The standard InChI is InChI=1S/C18H18O2S/c1-3-13-7-5-6-8-17(13)21-15-11-9-14(10-12-15)18(20)16(19)4-2/h5-12H,3-4H2,1-2H3. The molecule has 2 aromatic rings. The first-order valence-corrected chi connectivity index (χ1v) is 7.90. The Morgan fingerprint density at radius 2 is 1.62 bits per heavy atom. The number of carbonyl (C=O) groups excluding carboxylic acids is 2. The zero-order valence-corrected chi connectivity index (χ0v) is 13.1. The third-order valence-corrected chi connectivity index (χ3v) is 4.40. The predicted octanol–water partition coefficient (Wildman–Crippen LogP) is 4.56. The van der Waals surface area contributed by atoms with Crippen molar-refractivity contribution in [2.45, 2.75) is 36.5 Å². The summed E-state index contributed by atoms with van der Waals surface area (Å²) in [7, 11) is 0. The monoisotopic (exact) mass is 298 g/mol. The van der Waals surface area contributed by atoms with Crippen molar-refractivity contribution in [1.29, 1.82) is 0 Å². The van der Waals surface area contributed by atoms with Gasteiger partial charge in [-0.25, -0.2) is 0 Å². The van der Waals surface area contributed by atoms with Crippen molar-refractivity contribution >= 4 is 23.3 Å². The van der Waals surface area contributed by atoms with Gasteiger partial charge in [-0.1, -0.05) is 43.8 Å².